The molecule has 0 aromatic heterocycles. The van der Waals surface area contributed by atoms with Crippen LogP contribution >= 0.6 is 0 Å². The molecule has 6 nitrogen and oxygen atoms in total. The third kappa shape index (κ3) is 3.75. The van der Waals surface area contributed by atoms with Gasteiger partial charge in [0.25, 0.3) is 0 Å². The summed E-state index contributed by atoms with van der Waals surface area (Å²) in [6.45, 7) is 0. The van der Waals surface area contributed by atoms with Crippen molar-refractivity contribution in [2.24, 2.45) is 0 Å². The van der Waals surface area contributed by atoms with Gasteiger partial charge >= 0.3 is 0 Å². The monoisotopic (exact) mass is 331 g/mol. The summed E-state index contributed by atoms with van der Waals surface area (Å²) in [7, 11) is -1.21. The van der Waals surface area contributed by atoms with Crippen LogP contribution in [-0.4, -0.2) is 48.6 Å². The minimum atomic E-state index is -3.48. The van der Waals surface area contributed by atoms with Crippen LogP contribution < -0.4 is 11.1 Å². The minimum absolute atomic E-state index is 0.183. The molecule has 1 fully saturated rings. The van der Waals surface area contributed by atoms with E-state index < -0.39 is 20.8 Å². The third-order valence-corrected chi connectivity index (χ3v) is 6.74. The smallest absolute Gasteiger partial charge is 0.242 e. The van der Waals surface area contributed by atoms with Gasteiger partial charge in [0.05, 0.1) is 16.3 Å². The van der Waals surface area contributed by atoms with Crippen molar-refractivity contribution >= 4 is 32.2 Å². The summed E-state index contributed by atoms with van der Waals surface area (Å²) in [4.78, 5) is 0.212. The molecule has 0 saturated carbocycles. The molecule has 118 valence electrons. The standard InChI is InChI=1S/C13H21N3O3S2/c1-16(2)21(18,19)11-3-4-12(14)13(9-11)15-10-5-7-20(17)8-6-10/h3-4,9-10,15H,5-8,14H2,1-2H3. The van der Waals surface area contributed by atoms with Gasteiger partial charge in [-0.1, -0.05) is 0 Å². The lowest BCUT2D eigenvalue weighted by Gasteiger charge is -2.24. The molecule has 1 heterocycles. The van der Waals surface area contributed by atoms with Crippen molar-refractivity contribution < 1.29 is 12.6 Å². The summed E-state index contributed by atoms with van der Waals surface area (Å²) >= 11 is 0. The van der Waals surface area contributed by atoms with Gasteiger partial charge in [-0.15, -0.1) is 0 Å². The molecule has 3 N–H and O–H groups in total. The second-order valence-electron chi connectivity index (χ2n) is 5.30. The Hall–Kier alpha value is -1.12. The molecule has 0 unspecified atom stereocenters. The number of anilines is 2. The second-order valence-corrected chi connectivity index (χ2v) is 9.15. The van der Waals surface area contributed by atoms with Crippen molar-refractivity contribution in [1.82, 2.24) is 4.31 Å². The van der Waals surface area contributed by atoms with E-state index in [1.807, 2.05) is 0 Å². The Labute approximate surface area is 128 Å². The fraction of sp³-hybridized carbons (Fsp3) is 0.538. The van der Waals surface area contributed by atoms with Gasteiger partial charge < -0.3 is 11.1 Å². The Morgan fingerprint density at radius 2 is 1.90 bits per heavy atom. The maximum absolute atomic E-state index is 12.1. The Morgan fingerprint density at radius 1 is 1.29 bits per heavy atom. The topological polar surface area (TPSA) is 92.5 Å². The normalized spacial score (nSPS) is 23.2. The van der Waals surface area contributed by atoms with Crippen LogP contribution in [0.5, 0.6) is 0 Å². The largest absolute Gasteiger partial charge is 0.397 e. The molecule has 1 saturated heterocycles. The Morgan fingerprint density at radius 3 is 2.48 bits per heavy atom. The number of nitrogen functional groups attached to an aromatic ring is 1. The molecule has 0 amide bonds. The highest BCUT2D eigenvalue weighted by Crippen LogP contribution is 2.26. The fourth-order valence-electron chi connectivity index (χ4n) is 2.19. The summed E-state index contributed by atoms with van der Waals surface area (Å²) in [5.41, 5.74) is 7.06. The molecule has 1 aliphatic rings. The SMILES string of the molecule is CN(C)S(=O)(=O)c1ccc(N)c(NC2CCS(=O)CC2)c1. The van der Waals surface area contributed by atoms with Crippen LogP contribution in [-0.2, 0) is 20.8 Å². The van der Waals surface area contributed by atoms with Gasteiger partial charge in [0, 0.05) is 42.4 Å². The first kappa shape index (κ1) is 16.3. The highest BCUT2D eigenvalue weighted by atomic mass is 32.2. The van der Waals surface area contributed by atoms with Gasteiger partial charge in [0.1, 0.15) is 0 Å². The molecule has 1 aromatic rings. The quantitative estimate of drug-likeness (QED) is 0.798. The first-order chi connectivity index (χ1) is 9.80. The van der Waals surface area contributed by atoms with E-state index in [2.05, 4.69) is 5.32 Å². The highest BCUT2D eigenvalue weighted by Gasteiger charge is 2.21. The van der Waals surface area contributed by atoms with Crippen molar-refractivity contribution in [3.63, 3.8) is 0 Å². The molecule has 21 heavy (non-hydrogen) atoms. The number of benzene rings is 1. The average Bonchev–Trinajstić information content (AvgIpc) is 2.43. The van der Waals surface area contributed by atoms with Crippen LogP contribution in [0.4, 0.5) is 11.4 Å². The summed E-state index contributed by atoms with van der Waals surface area (Å²) in [5, 5.41) is 3.28. The average molecular weight is 331 g/mol. The van der Waals surface area contributed by atoms with Crippen LogP contribution in [0.2, 0.25) is 0 Å². The lowest BCUT2D eigenvalue weighted by atomic mass is 10.1. The third-order valence-electron chi connectivity index (χ3n) is 3.55. The number of nitrogens with two attached hydrogens (primary N) is 1. The molecular weight excluding hydrogens is 310 g/mol. The van der Waals surface area contributed by atoms with Crippen LogP contribution in [0, 0.1) is 0 Å². The minimum Gasteiger partial charge on any atom is -0.397 e. The maximum Gasteiger partial charge on any atom is 0.242 e. The van der Waals surface area contributed by atoms with Crippen LogP contribution in [0.3, 0.4) is 0 Å². The lowest BCUT2D eigenvalue weighted by molar-refractivity contribution is 0.521. The van der Waals surface area contributed by atoms with Gasteiger partial charge in [-0.25, -0.2) is 12.7 Å². The molecular formula is C13H21N3O3S2. The van der Waals surface area contributed by atoms with Crippen molar-refractivity contribution in [3.8, 4) is 0 Å². The van der Waals surface area contributed by atoms with E-state index in [4.69, 9.17) is 5.73 Å². The number of nitrogens with zero attached hydrogens (tertiary/aromatic N) is 1. The Balaban J connectivity index is 2.22. The van der Waals surface area contributed by atoms with E-state index in [0.29, 0.717) is 22.9 Å². The molecule has 0 bridgehead atoms. The molecule has 0 aliphatic carbocycles. The van der Waals surface area contributed by atoms with Gasteiger partial charge in [-0.05, 0) is 31.0 Å². The van der Waals surface area contributed by atoms with Crippen LogP contribution in [0.15, 0.2) is 23.1 Å². The number of sulfonamides is 1. The molecule has 0 radical (unpaired) electrons. The maximum atomic E-state index is 12.1. The second kappa shape index (κ2) is 6.33. The van der Waals surface area contributed by atoms with Gasteiger partial charge in [-0.2, -0.15) is 0 Å². The number of nitrogens with one attached hydrogen (secondary N) is 1. The number of rotatable bonds is 4. The van der Waals surface area contributed by atoms with E-state index in [9.17, 15) is 12.6 Å². The zero-order chi connectivity index (χ0) is 15.6. The van der Waals surface area contributed by atoms with E-state index in [1.165, 1.54) is 24.5 Å². The summed E-state index contributed by atoms with van der Waals surface area (Å²) in [5.74, 6) is 1.35. The highest BCUT2D eigenvalue weighted by molar-refractivity contribution is 7.89. The Bertz CT molecular complexity index is 634. The predicted molar refractivity (Wildman–Crippen MR) is 86.2 cm³/mol. The van der Waals surface area contributed by atoms with E-state index >= 15 is 0 Å². The zero-order valence-corrected chi connectivity index (χ0v) is 13.8. The van der Waals surface area contributed by atoms with Crippen LogP contribution in [0.25, 0.3) is 0 Å². The van der Waals surface area contributed by atoms with E-state index in [-0.39, 0.29) is 10.9 Å². The van der Waals surface area contributed by atoms with E-state index in [1.54, 1.807) is 12.1 Å². The molecule has 1 aromatic carbocycles. The van der Waals surface area contributed by atoms with E-state index in [0.717, 1.165) is 12.8 Å². The van der Waals surface area contributed by atoms with Crippen molar-refractivity contribution in [2.75, 3.05) is 36.7 Å². The lowest BCUT2D eigenvalue weighted by Crippen LogP contribution is -2.30. The first-order valence-electron chi connectivity index (χ1n) is 6.74. The molecule has 0 atom stereocenters. The molecule has 2 rings (SSSR count). The summed E-state index contributed by atoms with van der Waals surface area (Å²) in [6, 6.07) is 4.85. The fourth-order valence-corrected chi connectivity index (χ4v) is 4.42. The number of hydrogen-bond donors (Lipinski definition) is 2. The first-order valence-corrected chi connectivity index (χ1v) is 9.67. The van der Waals surface area contributed by atoms with Crippen molar-refractivity contribution in [2.45, 2.75) is 23.8 Å². The summed E-state index contributed by atoms with van der Waals surface area (Å²) < 4.78 is 36.8. The van der Waals surface area contributed by atoms with Crippen LogP contribution in [0.1, 0.15) is 12.8 Å². The molecule has 0 spiro atoms. The zero-order valence-electron chi connectivity index (χ0n) is 12.2. The van der Waals surface area contributed by atoms with Crippen molar-refractivity contribution in [3.05, 3.63) is 18.2 Å². The number of hydrogen-bond acceptors (Lipinski definition) is 5. The molecule has 8 heteroatoms. The van der Waals surface area contributed by atoms with Crippen molar-refractivity contribution in [1.29, 1.82) is 0 Å². The van der Waals surface area contributed by atoms with Gasteiger partial charge in [-0.3, -0.25) is 4.21 Å². The Kier molecular flexibility index (Phi) is 4.90. The summed E-state index contributed by atoms with van der Waals surface area (Å²) in [6.07, 6.45) is 1.60. The van der Waals surface area contributed by atoms with Gasteiger partial charge in [0.2, 0.25) is 10.0 Å². The van der Waals surface area contributed by atoms with Gasteiger partial charge in [0.15, 0.2) is 0 Å². The predicted octanol–water partition coefficient (Wildman–Crippen LogP) is 0.842. The molecule has 1 aliphatic heterocycles.